The number of nitrogens with one attached hydrogen (secondary N) is 1. The lowest BCUT2D eigenvalue weighted by Crippen LogP contribution is -2.39. The normalized spacial score (nSPS) is 14.1. The van der Waals surface area contributed by atoms with Crippen molar-refractivity contribution in [2.45, 2.75) is 12.8 Å². The van der Waals surface area contributed by atoms with Gasteiger partial charge in [-0.05, 0) is 55.3 Å². The molecule has 1 aromatic heterocycles. The molecule has 0 aliphatic carbocycles. The number of carbonyl (C=O) groups is 1. The van der Waals surface area contributed by atoms with Crippen LogP contribution in [0.4, 0.5) is 15.9 Å². The largest absolute Gasteiger partial charge is 0.497 e. The molecule has 1 amide bonds. The Labute approximate surface area is 190 Å². The number of hydrogen-bond acceptors (Lipinski definition) is 6. The predicted molar refractivity (Wildman–Crippen MR) is 123 cm³/mol. The number of benzene rings is 2. The fraction of sp³-hybridized carbons (Fsp3) is 0.292. The summed E-state index contributed by atoms with van der Waals surface area (Å²) in [6, 6.07) is 14.0. The van der Waals surface area contributed by atoms with Gasteiger partial charge in [-0.3, -0.25) is 9.59 Å². The van der Waals surface area contributed by atoms with Gasteiger partial charge in [-0.25, -0.2) is 4.39 Å². The molecule has 0 bridgehead atoms. The second-order valence-corrected chi connectivity index (χ2v) is 7.73. The minimum atomic E-state index is -0.380. The number of anilines is 2. The molecule has 172 valence electrons. The van der Waals surface area contributed by atoms with Crippen LogP contribution in [0.5, 0.6) is 11.5 Å². The number of nitrogens with zero attached hydrogens (tertiary/aromatic N) is 3. The van der Waals surface area contributed by atoms with E-state index in [0.717, 1.165) is 0 Å². The first-order valence-electron chi connectivity index (χ1n) is 10.6. The number of halogens is 1. The van der Waals surface area contributed by atoms with Crippen LogP contribution in [0.1, 0.15) is 12.8 Å². The Kier molecular flexibility index (Phi) is 6.58. The van der Waals surface area contributed by atoms with Gasteiger partial charge in [0, 0.05) is 31.1 Å². The molecule has 1 aliphatic rings. The van der Waals surface area contributed by atoms with Crippen LogP contribution in [0, 0.1) is 11.7 Å². The molecular formula is C24H25FN4O4. The van der Waals surface area contributed by atoms with Crippen molar-refractivity contribution in [3.05, 3.63) is 70.8 Å². The molecule has 0 saturated carbocycles. The summed E-state index contributed by atoms with van der Waals surface area (Å²) in [6.07, 6.45) is 1.27. The van der Waals surface area contributed by atoms with Crippen molar-refractivity contribution in [2.75, 3.05) is 37.5 Å². The van der Waals surface area contributed by atoms with Gasteiger partial charge in [0.2, 0.25) is 5.91 Å². The van der Waals surface area contributed by atoms with E-state index in [1.54, 1.807) is 38.5 Å². The van der Waals surface area contributed by atoms with Crippen LogP contribution < -0.4 is 25.2 Å². The highest BCUT2D eigenvalue weighted by molar-refractivity contribution is 5.94. The van der Waals surface area contributed by atoms with Crippen LogP contribution in [-0.4, -0.2) is 43.0 Å². The van der Waals surface area contributed by atoms with Gasteiger partial charge < -0.3 is 19.7 Å². The first-order chi connectivity index (χ1) is 16.0. The number of ether oxygens (including phenoxy) is 2. The summed E-state index contributed by atoms with van der Waals surface area (Å²) >= 11 is 0. The fourth-order valence-corrected chi connectivity index (χ4v) is 3.85. The highest BCUT2D eigenvalue weighted by Gasteiger charge is 2.26. The smallest absolute Gasteiger partial charge is 0.271 e. The lowest BCUT2D eigenvalue weighted by atomic mass is 9.95. The van der Waals surface area contributed by atoms with Crippen LogP contribution in [0.25, 0.3) is 5.69 Å². The highest BCUT2D eigenvalue weighted by atomic mass is 19.1. The first-order valence-corrected chi connectivity index (χ1v) is 10.6. The predicted octanol–water partition coefficient (Wildman–Crippen LogP) is 3.24. The van der Waals surface area contributed by atoms with Crippen molar-refractivity contribution in [1.82, 2.24) is 9.78 Å². The minimum absolute atomic E-state index is 0.0783. The molecule has 1 saturated heterocycles. The van der Waals surface area contributed by atoms with Crippen molar-refractivity contribution in [3.63, 3.8) is 0 Å². The third-order valence-corrected chi connectivity index (χ3v) is 5.71. The molecular weight excluding hydrogens is 427 g/mol. The standard InChI is InChI=1S/C24H25FN4O4/c1-32-19-7-8-21(33-2)20(15-19)26-24(31)16-11-13-28(14-12-16)22-9-10-23(30)29(27-22)18-5-3-17(25)4-6-18/h3-10,15-16H,11-14H2,1-2H3,(H,26,31). The molecule has 1 aliphatic heterocycles. The topological polar surface area (TPSA) is 85.7 Å². The molecule has 2 heterocycles. The number of amides is 1. The molecule has 8 nitrogen and oxygen atoms in total. The van der Waals surface area contributed by atoms with Gasteiger partial charge in [-0.15, -0.1) is 5.10 Å². The Bertz CT molecular complexity index is 1190. The van der Waals surface area contributed by atoms with Crippen molar-refractivity contribution >= 4 is 17.4 Å². The quantitative estimate of drug-likeness (QED) is 0.618. The van der Waals surface area contributed by atoms with Crippen LogP contribution in [0.3, 0.4) is 0 Å². The van der Waals surface area contributed by atoms with E-state index in [4.69, 9.17) is 9.47 Å². The van der Waals surface area contributed by atoms with E-state index in [1.165, 1.54) is 35.0 Å². The number of hydrogen-bond donors (Lipinski definition) is 1. The van der Waals surface area contributed by atoms with E-state index in [9.17, 15) is 14.0 Å². The van der Waals surface area contributed by atoms with Gasteiger partial charge in [0.15, 0.2) is 0 Å². The van der Waals surface area contributed by atoms with Gasteiger partial charge >= 0.3 is 0 Å². The highest BCUT2D eigenvalue weighted by Crippen LogP contribution is 2.30. The van der Waals surface area contributed by atoms with Gasteiger partial charge in [-0.1, -0.05) is 0 Å². The number of aromatic nitrogens is 2. The fourth-order valence-electron chi connectivity index (χ4n) is 3.85. The maximum absolute atomic E-state index is 13.2. The molecule has 9 heteroatoms. The monoisotopic (exact) mass is 452 g/mol. The molecule has 1 fully saturated rings. The molecule has 33 heavy (non-hydrogen) atoms. The molecule has 0 atom stereocenters. The molecule has 1 N–H and O–H groups in total. The first kappa shape index (κ1) is 22.3. The summed E-state index contributed by atoms with van der Waals surface area (Å²) < 4.78 is 25.1. The zero-order chi connectivity index (χ0) is 23.4. The molecule has 0 radical (unpaired) electrons. The molecule has 0 spiro atoms. The second kappa shape index (κ2) is 9.72. The average Bonchev–Trinajstić information content (AvgIpc) is 2.85. The third kappa shape index (κ3) is 4.97. The van der Waals surface area contributed by atoms with Crippen molar-refractivity contribution in [3.8, 4) is 17.2 Å². The Morgan fingerprint density at radius 3 is 2.42 bits per heavy atom. The minimum Gasteiger partial charge on any atom is -0.497 e. The van der Waals surface area contributed by atoms with Crippen LogP contribution in [-0.2, 0) is 4.79 Å². The average molecular weight is 452 g/mol. The second-order valence-electron chi connectivity index (χ2n) is 7.73. The number of carbonyl (C=O) groups excluding carboxylic acids is 1. The zero-order valence-electron chi connectivity index (χ0n) is 18.5. The Balaban J connectivity index is 1.43. The van der Waals surface area contributed by atoms with Gasteiger partial charge in [-0.2, -0.15) is 4.68 Å². The Morgan fingerprint density at radius 1 is 1.03 bits per heavy atom. The summed E-state index contributed by atoms with van der Waals surface area (Å²) in [4.78, 5) is 27.2. The Hall–Kier alpha value is -3.88. The summed E-state index contributed by atoms with van der Waals surface area (Å²) in [5, 5.41) is 7.40. The van der Waals surface area contributed by atoms with E-state index in [-0.39, 0.29) is 23.2 Å². The summed E-state index contributed by atoms with van der Waals surface area (Å²) in [7, 11) is 3.12. The summed E-state index contributed by atoms with van der Waals surface area (Å²) in [5.74, 6) is 1.20. The molecule has 2 aromatic carbocycles. The van der Waals surface area contributed by atoms with Gasteiger partial charge in [0.05, 0.1) is 25.6 Å². The summed E-state index contributed by atoms with van der Waals surface area (Å²) in [6.45, 7) is 1.23. The summed E-state index contributed by atoms with van der Waals surface area (Å²) in [5.41, 5.74) is 0.758. The van der Waals surface area contributed by atoms with Crippen molar-refractivity contribution < 1.29 is 18.7 Å². The van der Waals surface area contributed by atoms with Crippen molar-refractivity contribution in [2.24, 2.45) is 5.92 Å². The van der Waals surface area contributed by atoms with Crippen LogP contribution in [0.15, 0.2) is 59.4 Å². The SMILES string of the molecule is COc1ccc(OC)c(NC(=O)C2CCN(c3ccc(=O)n(-c4ccc(F)cc4)n3)CC2)c1. The molecule has 0 unspecified atom stereocenters. The lowest BCUT2D eigenvalue weighted by Gasteiger charge is -2.32. The zero-order valence-corrected chi connectivity index (χ0v) is 18.5. The van der Waals surface area contributed by atoms with E-state index < -0.39 is 0 Å². The number of rotatable bonds is 6. The Morgan fingerprint density at radius 2 is 1.76 bits per heavy atom. The van der Waals surface area contributed by atoms with E-state index in [1.807, 2.05) is 4.90 Å². The molecule has 3 aromatic rings. The molecule has 4 rings (SSSR count). The van der Waals surface area contributed by atoms with Gasteiger partial charge in [0.1, 0.15) is 23.1 Å². The third-order valence-electron chi connectivity index (χ3n) is 5.71. The van der Waals surface area contributed by atoms with E-state index >= 15 is 0 Å². The number of piperidine rings is 1. The van der Waals surface area contributed by atoms with Crippen molar-refractivity contribution in [1.29, 1.82) is 0 Å². The van der Waals surface area contributed by atoms with E-state index in [0.29, 0.717) is 54.6 Å². The van der Waals surface area contributed by atoms with Gasteiger partial charge in [0.25, 0.3) is 5.56 Å². The van der Waals surface area contributed by atoms with E-state index in [2.05, 4.69) is 10.4 Å². The maximum atomic E-state index is 13.2. The van der Waals surface area contributed by atoms with Crippen LogP contribution in [0.2, 0.25) is 0 Å². The maximum Gasteiger partial charge on any atom is 0.271 e. The lowest BCUT2D eigenvalue weighted by molar-refractivity contribution is -0.120. The van der Waals surface area contributed by atoms with Crippen LogP contribution >= 0.6 is 0 Å². The number of methoxy groups -OCH3 is 2.